The fourth-order valence-electron chi connectivity index (χ4n) is 3.56. The first kappa shape index (κ1) is 12.2. The van der Waals surface area contributed by atoms with E-state index in [4.69, 9.17) is 0 Å². The van der Waals surface area contributed by atoms with Crippen LogP contribution in [0.1, 0.15) is 63.1 Å². The van der Waals surface area contributed by atoms with Gasteiger partial charge in [0.15, 0.2) is 0 Å². The molecule has 1 aromatic rings. The monoisotopic (exact) mass is 247 g/mol. The molecule has 0 bridgehead atoms. The van der Waals surface area contributed by atoms with Crippen LogP contribution in [0.5, 0.6) is 0 Å². The van der Waals surface area contributed by atoms with Crippen molar-refractivity contribution in [2.45, 2.75) is 57.4 Å². The molecule has 2 aliphatic rings. The Morgan fingerprint density at radius 3 is 2.78 bits per heavy atom. The second-order valence-corrected chi connectivity index (χ2v) is 6.18. The second kappa shape index (κ2) is 5.43. The van der Waals surface area contributed by atoms with Crippen LogP contribution in [0.4, 0.5) is 0 Å². The number of nitrogens with zero attached hydrogens (tertiary/aromatic N) is 2. The van der Waals surface area contributed by atoms with Crippen LogP contribution in [0.2, 0.25) is 0 Å². The summed E-state index contributed by atoms with van der Waals surface area (Å²) in [7, 11) is 0. The maximum atomic E-state index is 4.43. The molecule has 0 spiro atoms. The molecule has 1 aliphatic heterocycles. The van der Waals surface area contributed by atoms with Crippen molar-refractivity contribution >= 4 is 0 Å². The van der Waals surface area contributed by atoms with Crippen LogP contribution < -0.4 is 5.32 Å². The molecule has 3 rings (SSSR count). The van der Waals surface area contributed by atoms with Crippen molar-refractivity contribution in [3.63, 3.8) is 0 Å². The van der Waals surface area contributed by atoms with Crippen molar-refractivity contribution < 1.29 is 0 Å². The molecule has 1 N–H and O–H groups in total. The lowest BCUT2D eigenvalue weighted by atomic mass is 9.86. The van der Waals surface area contributed by atoms with Gasteiger partial charge in [-0.15, -0.1) is 0 Å². The third-order valence-corrected chi connectivity index (χ3v) is 4.79. The number of rotatable bonds is 2. The van der Waals surface area contributed by atoms with E-state index in [0.717, 1.165) is 12.5 Å². The van der Waals surface area contributed by atoms with E-state index in [1.807, 2.05) is 0 Å². The quantitative estimate of drug-likeness (QED) is 0.870. The summed E-state index contributed by atoms with van der Waals surface area (Å²) in [5.41, 5.74) is 1.47. The van der Waals surface area contributed by atoms with Gasteiger partial charge in [0.05, 0.1) is 6.33 Å². The minimum absolute atomic E-state index is 0.681. The van der Waals surface area contributed by atoms with Crippen molar-refractivity contribution in [2.75, 3.05) is 13.1 Å². The average Bonchev–Trinajstić information content (AvgIpc) is 2.90. The van der Waals surface area contributed by atoms with E-state index >= 15 is 0 Å². The van der Waals surface area contributed by atoms with Crippen LogP contribution >= 0.6 is 0 Å². The third-order valence-electron chi connectivity index (χ3n) is 4.79. The summed E-state index contributed by atoms with van der Waals surface area (Å²) >= 11 is 0. The summed E-state index contributed by atoms with van der Waals surface area (Å²) in [6.07, 6.45) is 12.2. The minimum Gasteiger partial charge on any atom is -0.331 e. The molecule has 0 aromatic carbocycles. The Hall–Kier alpha value is -0.830. The molecule has 1 atom stereocenters. The largest absolute Gasteiger partial charge is 0.331 e. The summed E-state index contributed by atoms with van der Waals surface area (Å²) < 4.78 is 2.49. The molecular formula is C15H25N3. The highest BCUT2D eigenvalue weighted by Crippen LogP contribution is 2.34. The number of imidazole rings is 1. The fourth-order valence-corrected chi connectivity index (χ4v) is 3.56. The van der Waals surface area contributed by atoms with Crippen LogP contribution in [0.25, 0.3) is 0 Å². The van der Waals surface area contributed by atoms with Crippen molar-refractivity contribution in [1.29, 1.82) is 0 Å². The normalized spacial score (nSPS) is 33.5. The Bertz CT molecular complexity index is 371. The number of hydrogen-bond donors (Lipinski definition) is 1. The molecule has 3 nitrogen and oxygen atoms in total. The van der Waals surface area contributed by atoms with Crippen LogP contribution in [-0.2, 0) is 0 Å². The molecular weight excluding hydrogens is 222 g/mol. The highest BCUT2D eigenvalue weighted by atomic mass is 15.1. The van der Waals surface area contributed by atoms with E-state index in [-0.39, 0.29) is 0 Å². The summed E-state index contributed by atoms with van der Waals surface area (Å²) in [6, 6.07) is 0.709. The number of nitrogens with one attached hydrogen (secondary N) is 1. The first-order chi connectivity index (χ1) is 8.84. The van der Waals surface area contributed by atoms with Gasteiger partial charge in [-0.1, -0.05) is 6.92 Å². The van der Waals surface area contributed by atoms with Gasteiger partial charge in [-0.3, -0.25) is 0 Å². The third kappa shape index (κ3) is 2.46. The lowest BCUT2D eigenvalue weighted by molar-refractivity contribution is 0.280. The molecule has 100 valence electrons. The zero-order chi connectivity index (χ0) is 12.4. The SMILES string of the molecule is CC1CCC(n2cncc2C2CCCNC2)CC1. The van der Waals surface area contributed by atoms with Gasteiger partial charge < -0.3 is 9.88 Å². The zero-order valence-electron chi connectivity index (χ0n) is 11.4. The summed E-state index contributed by atoms with van der Waals surface area (Å²) in [5, 5.41) is 3.52. The van der Waals surface area contributed by atoms with Gasteiger partial charge in [-0.2, -0.15) is 0 Å². The van der Waals surface area contributed by atoms with Gasteiger partial charge in [0.25, 0.3) is 0 Å². The highest BCUT2D eigenvalue weighted by Gasteiger charge is 2.25. The maximum Gasteiger partial charge on any atom is 0.0950 e. The van der Waals surface area contributed by atoms with Crippen molar-refractivity contribution in [3.05, 3.63) is 18.2 Å². The van der Waals surface area contributed by atoms with E-state index in [1.165, 1.54) is 50.8 Å². The topological polar surface area (TPSA) is 29.9 Å². The van der Waals surface area contributed by atoms with Gasteiger partial charge in [0.1, 0.15) is 0 Å². The predicted octanol–water partition coefficient (Wildman–Crippen LogP) is 3.10. The number of piperidine rings is 1. The van der Waals surface area contributed by atoms with E-state index in [2.05, 4.69) is 34.3 Å². The molecule has 1 saturated heterocycles. The van der Waals surface area contributed by atoms with Crippen LogP contribution in [0, 0.1) is 5.92 Å². The molecule has 1 saturated carbocycles. The zero-order valence-corrected chi connectivity index (χ0v) is 11.4. The molecule has 0 amide bonds. The van der Waals surface area contributed by atoms with Crippen molar-refractivity contribution in [3.8, 4) is 0 Å². The van der Waals surface area contributed by atoms with Gasteiger partial charge in [-0.05, 0) is 51.0 Å². The van der Waals surface area contributed by atoms with Crippen molar-refractivity contribution in [2.24, 2.45) is 5.92 Å². The summed E-state index contributed by atoms with van der Waals surface area (Å²) in [5.74, 6) is 1.60. The lowest BCUT2D eigenvalue weighted by Crippen LogP contribution is -2.30. The van der Waals surface area contributed by atoms with Gasteiger partial charge >= 0.3 is 0 Å². The van der Waals surface area contributed by atoms with Gasteiger partial charge in [0.2, 0.25) is 0 Å². The highest BCUT2D eigenvalue weighted by molar-refractivity contribution is 5.10. The molecule has 0 radical (unpaired) electrons. The average molecular weight is 247 g/mol. The molecule has 1 unspecified atom stereocenters. The van der Waals surface area contributed by atoms with Gasteiger partial charge in [0, 0.05) is 30.4 Å². The van der Waals surface area contributed by atoms with Crippen LogP contribution in [-0.4, -0.2) is 22.6 Å². The van der Waals surface area contributed by atoms with E-state index in [0.29, 0.717) is 12.0 Å². The maximum absolute atomic E-state index is 4.43. The predicted molar refractivity (Wildman–Crippen MR) is 73.7 cm³/mol. The molecule has 2 heterocycles. The minimum atomic E-state index is 0.681. The smallest absolute Gasteiger partial charge is 0.0950 e. The standard InChI is InChI=1S/C15H25N3/c1-12-4-6-14(7-5-12)18-11-17-10-15(18)13-3-2-8-16-9-13/h10-14,16H,2-9H2,1H3. The Labute approximate surface area is 110 Å². The summed E-state index contributed by atoms with van der Waals surface area (Å²) in [6.45, 7) is 4.70. The molecule has 1 aliphatic carbocycles. The fraction of sp³-hybridized carbons (Fsp3) is 0.800. The molecule has 2 fully saturated rings. The molecule has 18 heavy (non-hydrogen) atoms. The Morgan fingerprint density at radius 1 is 1.22 bits per heavy atom. The van der Waals surface area contributed by atoms with E-state index in [1.54, 1.807) is 0 Å². The Morgan fingerprint density at radius 2 is 2.06 bits per heavy atom. The number of aromatic nitrogens is 2. The van der Waals surface area contributed by atoms with Gasteiger partial charge in [-0.25, -0.2) is 4.98 Å². The van der Waals surface area contributed by atoms with Crippen molar-refractivity contribution in [1.82, 2.24) is 14.9 Å². The number of hydrogen-bond acceptors (Lipinski definition) is 2. The Balaban J connectivity index is 1.74. The van der Waals surface area contributed by atoms with E-state index in [9.17, 15) is 0 Å². The second-order valence-electron chi connectivity index (χ2n) is 6.18. The van der Waals surface area contributed by atoms with Crippen LogP contribution in [0.3, 0.4) is 0 Å². The first-order valence-corrected chi connectivity index (χ1v) is 7.57. The lowest BCUT2D eigenvalue weighted by Gasteiger charge is -2.31. The molecule has 1 aromatic heterocycles. The summed E-state index contributed by atoms with van der Waals surface area (Å²) in [4.78, 5) is 4.43. The van der Waals surface area contributed by atoms with E-state index < -0.39 is 0 Å². The molecule has 3 heteroatoms. The first-order valence-electron chi connectivity index (χ1n) is 7.57. The Kier molecular flexibility index (Phi) is 3.69. The van der Waals surface area contributed by atoms with Crippen LogP contribution in [0.15, 0.2) is 12.5 Å².